The van der Waals surface area contributed by atoms with Gasteiger partial charge in [0.25, 0.3) is 5.91 Å². The summed E-state index contributed by atoms with van der Waals surface area (Å²) in [5, 5.41) is 7.57. The fraction of sp³-hybridized carbons (Fsp3) is 0.667. The summed E-state index contributed by atoms with van der Waals surface area (Å²) in [4.78, 5) is 12.4. The molecule has 1 N–H and O–H groups in total. The first-order valence-corrected chi connectivity index (χ1v) is 6.81. The van der Waals surface area contributed by atoms with E-state index in [-0.39, 0.29) is 11.4 Å². The fourth-order valence-electron chi connectivity index (χ4n) is 1.91. The highest BCUT2D eigenvalue weighted by Crippen LogP contribution is 2.31. The molecule has 0 bridgehead atoms. The van der Waals surface area contributed by atoms with Crippen molar-refractivity contribution in [2.45, 2.75) is 31.2 Å². The molecule has 0 unspecified atom stereocenters. The lowest BCUT2D eigenvalue weighted by molar-refractivity contribution is 0.0914. The van der Waals surface area contributed by atoms with Crippen molar-refractivity contribution in [3.8, 4) is 0 Å². The number of carbonyl (C=O) groups is 1. The summed E-state index contributed by atoms with van der Waals surface area (Å²) in [6.45, 7) is 0. The van der Waals surface area contributed by atoms with Crippen molar-refractivity contribution < 1.29 is 4.79 Å². The predicted octanol–water partition coefficient (Wildman–Crippen LogP) is 1.98. The fourth-order valence-corrected chi connectivity index (χ4v) is 3.02. The predicted molar refractivity (Wildman–Crippen MR) is 62.4 cm³/mol. The highest BCUT2D eigenvalue weighted by Gasteiger charge is 2.34. The minimum absolute atomic E-state index is 0.0497. The van der Waals surface area contributed by atoms with Gasteiger partial charge in [-0.3, -0.25) is 4.79 Å². The smallest absolute Gasteiger partial charge is 0.265 e. The lowest BCUT2D eigenvalue weighted by atomic mass is 10.0. The van der Waals surface area contributed by atoms with E-state index < -0.39 is 0 Å². The highest BCUT2D eigenvalue weighted by molar-refractivity contribution is 9.09. The van der Waals surface area contributed by atoms with Gasteiger partial charge in [0.1, 0.15) is 4.88 Å². The Morgan fingerprint density at radius 3 is 2.87 bits per heavy atom. The third-order valence-corrected chi connectivity index (χ3v) is 4.52. The summed E-state index contributed by atoms with van der Waals surface area (Å²) in [6.07, 6.45) is 5.99. The van der Waals surface area contributed by atoms with Crippen molar-refractivity contribution in [3.05, 3.63) is 11.1 Å². The topological polar surface area (TPSA) is 54.9 Å². The number of aromatic nitrogens is 2. The maximum absolute atomic E-state index is 11.8. The first kappa shape index (κ1) is 11.0. The molecular formula is C9H12BrN3OS. The van der Waals surface area contributed by atoms with Crippen molar-refractivity contribution in [2.24, 2.45) is 0 Å². The molecule has 2 rings (SSSR count). The van der Waals surface area contributed by atoms with Crippen LogP contribution in [0.5, 0.6) is 0 Å². The van der Waals surface area contributed by atoms with Gasteiger partial charge in [-0.05, 0) is 24.4 Å². The standard InChI is InChI=1S/C9H12BrN3OS/c10-6-9(3-1-2-4-9)12-8(14)7-5-11-13-15-7/h5H,1-4,6H2,(H,12,14). The second-order valence-corrected chi connectivity index (χ2v) is 5.20. The Kier molecular flexibility index (Phi) is 3.35. The van der Waals surface area contributed by atoms with Gasteiger partial charge in [0.05, 0.1) is 11.7 Å². The van der Waals surface area contributed by atoms with Crippen LogP contribution in [0.3, 0.4) is 0 Å². The summed E-state index contributed by atoms with van der Waals surface area (Å²) >= 11 is 4.62. The van der Waals surface area contributed by atoms with Crippen LogP contribution in [0, 0.1) is 0 Å². The molecule has 0 atom stereocenters. The molecule has 0 aromatic carbocycles. The van der Waals surface area contributed by atoms with E-state index in [9.17, 15) is 4.79 Å². The monoisotopic (exact) mass is 289 g/mol. The molecule has 1 aliphatic rings. The Bertz CT molecular complexity index is 335. The lowest BCUT2D eigenvalue weighted by Crippen LogP contribution is -2.47. The Labute approximate surface area is 101 Å². The number of amides is 1. The van der Waals surface area contributed by atoms with Gasteiger partial charge < -0.3 is 5.32 Å². The highest BCUT2D eigenvalue weighted by atomic mass is 79.9. The van der Waals surface area contributed by atoms with Gasteiger partial charge >= 0.3 is 0 Å². The van der Waals surface area contributed by atoms with E-state index in [1.54, 1.807) is 0 Å². The van der Waals surface area contributed by atoms with E-state index in [0.717, 1.165) is 29.7 Å². The van der Waals surface area contributed by atoms with Gasteiger partial charge in [0.2, 0.25) is 0 Å². The molecule has 1 aromatic rings. The zero-order chi connectivity index (χ0) is 10.7. The number of rotatable bonds is 3. The normalized spacial score (nSPS) is 19.0. The van der Waals surface area contributed by atoms with Crippen LogP contribution in [0.4, 0.5) is 0 Å². The van der Waals surface area contributed by atoms with Crippen LogP contribution in [0.1, 0.15) is 35.4 Å². The molecule has 1 amide bonds. The molecule has 15 heavy (non-hydrogen) atoms. The Balaban J connectivity index is 2.04. The maximum atomic E-state index is 11.8. The molecular weight excluding hydrogens is 278 g/mol. The van der Waals surface area contributed by atoms with Crippen molar-refractivity contribution in [3.63, 3.8) is 0 Å². The largest absolute Gasteiger partial charge is 0.345 e. The van der Waals surface area contributed by atoms with Gasteiger partial charge in [-0.2, -0.15) is 0 Å². The van der Waals surface area contributed by atoms with Crippen molar-refractivity contribution in [1.82, 2.24) is 14.9 Å². The molecule has 6 heteroatoms. The quantitative estimate of drug-likeness (QED) is 0.866. The minimum Gasteiger partial charge on any atom is -0.345 e. The molecule has 0 radical (unpaired) electrons. The van der Waals surface area contributed by atoms with Gasteiger partial charge in [0.15, 0.2) is 0 Å². The number of alkyl halides is 1. The molecule has 1 fully saturated rings. The van der Waals surface area contributed by atoms with Crippen molar-refractivity contribution in [2.75, 3.05) is 5.33 Å². The van der Waals surface area contributed by atoms with Gasteiger partial charge in [-0.1, -0.05) is 33.3 Å². The molecule has 0 spiro atoms. The van der Waals surface area contributed by atoms with Crippen LogP contribution in [0.25, 0.3) is 0 Å². The average molecular weight is 290 g/mol. The Morgan fingerprint density at radius 2 is 2.33 bits per heavy atom. The number of hydrogen-bond acceptors (Lipinski definition) is 4. The number of carbonyl (C=O) groups excluding carboxylic acids is 1. The van der Waals surface area contributed by atoms with Crippen LogP contribution in [0.15, 0.2) is 6.20 Å². The molecule has 4 nitrogen and oxygen atoms in total. The molecule has 1 aromatic heterocycles. The molecule has 0 aliphatic heterocycles. The Morgan fingerprint density at radius 1 is 1.60 bits per heavy atom. The third-order valence-electron chi connectivity index (χ3n) is 2.78. The Hall–Kier alpha value is -0.490. The summed E-state index contributed by atoms with van der Waals surface area (Å²) in [7, 11) is 0. The van der Waals surface area contributed by atoms with E-state index in [0.29, 0.717) is 4.88 Å². The maximum Gasteiger partial charge on any atom is 0.265 e. The first-order valence-electron chi connectivity index (χ1n) is 4.92. The van der Waals surface area contributed by atoms with E-state index in [2.05, 4.69) is 30.8 Å². The van der Waals surface area contributed by atoms with Crippen LogP contribution < -0.4 is 5.32 Å². The third kappa shape index (κ3) is 2.36. The zero-order valence-electron chi connectivity index (χ0n) is 8.20. The van der Waals surface area contributed by atoms with E-state index in [1.807, 2.05) is 0 Å². The van der Waals surface area contributed by atoms with Crippen LogP contribution in [-0.4, -0.2) is 26.4 Å². The van der Waals surface area contributed by atoms with Gasteiger partial charge in [-0.15, -0.1) is 5.10 Å². The number of halogens is 1. The zero-order valence-corrected chi connectivity index (χ0v) is 10.6. The number of nitrogens with zero attached hydrogens (tertiary/aromatic N) is 2. The molecule has 82 valence electrons. The molecule has 1 saturated carbocycles. The minimum atomic E-state index is -0.0545. The van der Waals surface area contributed by atoms with E-state index >= 15 is 0 Å². The van der Waals surface area contributed by atoms with E-state index in [4.69, 9.17) is 0 Å². The summed E-state index contributed by atoms with van der Waals surface area (Å²) in [5.74, 6) is -0.0497. The number of nitrogens with one attached hydrogen (secondary N) is 1. The van der Waals surface area contributed by atoms with Crippen molar-refractivity contribution in [1.29, 1.82) is 0 Å². The van der Waals surface area contributed by atoms with Crippen LogP contribution in [-0.2, 0) is 0 Å². The molecule has 1 aliphatic carbocycles. The second kappa shape index (κ2) is 4.57. The summed E-state index contributed by atoms with van der Waals surface area (Å²) in [5.41, 5.74) is -0.0545. The molecule has 0 saturated heterocycles. The summed E-state index contributed by atoms with van der Waals surface area (Å²) < 4.78 is 3.69. The SMILES string of the molecule is O=C(NC1(CBr)CCCC1)c1cnns1. The summed E-state index contributed by atoms with van der Waals surface area (Å²) in [6, 6.07) is 0. The van der Waals surface area contributed by atoms with Gasteiger partial charge in [0, 0.05) is 5.33 Å². The van der Waals surface area contributed by atoms with Crippen molar-refractivity contribution >= 4 is 33.4 Å². The lowest BCUT2D eigenvalue weighted by Gasteiger charge is -2.27. The van der Waals surface area contributed by atoms with Crippen LogP contribution in [0.2, 0.25) is 0 Å². The van der Waals surface area contributed by atoms with Crippen LogP contribution >= 0.6 is 27.5 Å². The van der Waals surface area contributed by atoms with Gasteiger partial charge in [-0.25, -0.2) is 0 Å². The number of hydrogen-bond donors (Lipinski definition) is 1. The molecule has 1 heterocycles. The van der Waals surface area contributed by atoms with E-state index in [1.165, 1.54) is 19.0 Å². The second-order valence-electron chi connectivity index (χ2n) is 3.86. The average Bonchev–Trinajstić information content (AvgIpc) is 2.88. The first-order chi connectivity index (χ1) is 7.26.